The molecule has 1 aromatic carbocycles. The minimum atomic E-state index is -0.109. The molecule has 174 valence electrons. The van der Waals surface area contributed by atoms with E-state index in [9.17, 15) is 4.79 Å². The standard InChI is InChI=1S/C25H35N3O4/c1-4-32-25(29)17-8-7-11-28(16-17)24-19(15-26-20-9-5-6-10-20)12-18-13-22(30-2)23(31-3)14-21(18)27-24/h12-14,17,20,26H,4-11,15-16H2,1-3H3. The van der Waals surface area contributed by atoms with Crippen molar-refractivity contribution in [2.75, 3.05) is 38.8 Å². The van der Waals surface area contributed by atoms with Gasteiger partial charge < -0.3 is 24.4 Å². The SMILES string of the molecule is CCOC(=O)C1CCCN(c2nc3cc(OC)c(OC)cc3cc2CNC2CCCC2)C1. The lowest BCUT2D eigenvalue weighted by Crippen LogP contribution is -2.40. The highest BCUT2D eigenvalue weighted by atomic mass is 16.5. The number of carbonyl (C=O) groups is 1. The molecule has 2 aromatic rings. The van der Waals surface area contributed by atoms with Crippen molar-refractivity contribution < 1.29 is 19.0 Å². The molecule has 0 bridgehead atoms. The van der Waals surface area contributed by atoms with Crippen molar-refractivity contribution in [1.29, 1.82) is 0 Å². The van der Waals surface area contributed by atoms with Crippen LogP contribution in [0.5, 0.6) is 11.5 Å². The predicted molar refractivity (Wildman–Crippen MR) is 126 cm³/mol. The van der Waals surface area contributed by atoms with E-state index in [0.717, 1.165) is 48.2 Å². The third-order valence-electron chi connectivity index (χ3n) is 6.65. The number of piperidine rings is 1. The Balaban J connectivity index is 1.68. The van der Waals surface area contributed by atoms with E-state index in [1.165, 1.54) is 25.7 Å². The fourth-order valence-corrected chi connectivity index (χ4v) is 4.94. The molecule has 4 rings (SSSR count). The van der Waals surface area contributed by atoms with Crippen molar-refractivity contribution in [3.63, 3.8) is 0 Å². The number of ether oxygens (including phenoxy) is 3. The summed E-state index contributed by atoms with van der Waals surface area (Å²) in [5, 5.41) is 4.76. The number of methoxy groups -OCH3 is 2. The lowest BCUT2D eigenvalue weighted by Gasteiger charge is -2.34. The van der Waals surface area contributed by atoms with Crippen LogP contribution in [-0.4, -0.2) is 50.9 Å². The summed E-state index contributed by atoms with van der Waals surface area (Å²) < 4.78 is 16.3. The highest BCUT2D eigenvalue weighted by molar-refractivity contribution is 5.85. The quantitative estimate of drug-likeness (QED) is 0.619. The number of esters is 1. The van der Waals surface area contributed by atoms with Gasteiger partial charge in [0.1, 0.15) is 5.82 Å². The first-order valence-electron chi connectivity index (χ1n) is 11.8. The van der Waals surface area contributed by atoms with Crippen LogP contribution in [0, 0.1) is 5.92 Å². The summed E-state index contributed by atoms with van der Waals surface area (Å²) in [4.78, 5) is 19.7. The average molecular weight is 442 g/mol. The van der Waals surface area contributed by atoms with E-state index in [1.54, 1.807) is 14.2 Å². The third kappa shape index (κ3) is 4.93. The second-order valence-electron chi connectivity index (χ2n) is 8.77. The van der Waals surface area contributed by atoms with Crippen molar-refractivity contribution in [3.05, 3.63) is 23.8 Å². The normalized spacial score (nSPS) is 19.3. The predicted octanol–water partition coefficient (Wildman–Crippen LogP) is 4.06. The van der Waals surface area contributed by atoms with Crippen LogP contribution in [0.25, 0.3) is 10.9 Å². The Hall–Kier alpha value is -2.54. The lowest BCUT2D eigenvalue weighted by molar-refractivity contribution is -0.148. The van der Waals surface area contributed by atoms with Gasteiger partial charge in [-0.2, -0.15) is 0 Å². The number of aromatic nitrogens is 1. The van der Waals surface area contributed by atoms with Crippen LogP contribution < -0.4 is 19.7 Å². The topological polar surface area (TPSA) is 72.9 Å². The summed E-state index contributed by atoms with van der Waals surface area (Å²) in [6.45, 7) is 4.57. The Morgan fingerprint density at radius 3 is 2.56 bits per heavy atom. The molecule has 0 amide bonds. The van der Waals surface area contributed by atoms with Crippen LogP contribution in [0.1, 0.15) is 51.0 Å². The molecule has 0 spiro atoms. The van der Waals surface area contributed by atoms with Gasteiger partial charge in [-0.15, -0.1) is 0 Å². The van der Waals surface area contributed by atoms with Crippen molar-refractivity contribution in [3.8, 4) is 11.5 Å². The van der Waals surface area contributed by atoms with Crippen LogP contribution >= 0.6 is 0 Å². The van der Waals surface area contributed by atoms with Crippen LogP contribution in [0.2, 0.25) is 0 Å². The Morgan fingerprint density at radius 1 is 1.09 bits per heavy atom. The first kappa shape index (κ1) is 22.6. The van der Waals surface area contributed by atoms with Crippen LogP contribution in [0.15, 0.2) is 18.2 Å². The van der Waals surface area contributed by atoms with Gasteiger partial charge in [-0.1, -0.05) is 12.8 Å². The van der Waals surface area contributed by atoms with Gasteiger partial charge in [0.05, 0.1) is 32.3 Å². The minimum absolute atomic E-state index is 0.102. The third-order valence-corrected chi connectivity index (χ3v) is 6.65. The molecule has 1 aliphatic heterocycles. The first-order chi connectivity index (χ1) is 15.6. The summed E-state index contributed by atoms with van der Waals surface area (Å²) in [5.74, 6) is 2.10. The van der Waals surface area contributed by atoms with Gasteiger partial charge >= 0.3 is 5.97 Å². The minimum Gasteiger partial charge on any atom is -0.493 e. The molecule has 7 nitrogen and oxygen atoms in total. The van der Waals surface area contributed by atoms with E-state index in [0.29, 0.717) is 30.7 Å². The number of pyridine rings is 1. The zero-order chi connectivity index (χ0) is 22.5. The summed E-state index contributed by atoms with van der Waals surface area (Å²) in [5.41, 5.74) is 2.02. The van der Waals surface area contributed by atoms with Crippen molar-refractivity contribution in [1.82, 2.24) is 10.3 Å². The molecule has 1 saturated carbocycles. The maximum atomic E-state index is 12.4. The maximum Gasteiger partial charge on any atom is 0.310 e. The lowest BCUT2D eigenvalue weighted by atomic mass is 9.97. The number of rotatable bonds is 8. The van der Waals surface area contributed by atoms with E-state index >= 15 is 0 Å². The summed E-state index contributed by atoms with van der Waals surface area (Å²) in [6.07, 6.45) is 6.87. The average Bonchev–Trinajstić information content (AvgIpc) is 3.35. The van der Waals surface area contributed by atoms with E-state index in [1.807, 2.05) is 19.1 Å². The summed E-state index contributed by atoms with van der Waals surface area (Å²) in [6, 6.07) is 6.69. The molecule has 1 aromatic heterocycles. The molecule has 2 fully saturated rings. The van der Waals surface area contributed by atoms with Crippen LogP contribution in [-0.2, 0) is 16.1 Å². The number of hydrogen-bond acceptors (Lipinski definition) is 7. The fourth-order valence-electron chi connectivity index (χ4n) is 4.94. The summed E-state index contributed by atoms with van der Waals surface area (Å²) in [7, 11) is 3.29. The molecule has 1 saturated heterocycles. The van der Waals surface area contributed by atoms with Gasteiger partial charge in [0.25, 0.3) is 0 Å². The molecular formula is C25H35N3O4. The Bertz CT molecular complexity index is 942. The molecule has 2 heterocycles. The van der Waals surface area contributed by atoms with Gasteiger partial charge in [-0.05, 0) is 44.7 Å². The van der Waals surface area contributed by atoms with Gasteiger partial charge in [0, 0.05) is 42.7 Å². The number of anilines is 1. The van der Waals surface area contributed by atoms with Gasteiger partial charge in [0.15, 0.2) is 11.5 Å². The zero-order valence-corrected chi connectivity index (χ0v) is 19.5. The van der Waals surface area contributed by atoms with Crippen molar-refractivity contribution in [2.24, 2.45) is 5.92 Å². The van der Waals surface area contributed by atoms with E-state index in [-0.39, 0.29) is 11.9 Å². The molecule has 1 N–H and O–H groups in total. The molecule has 1 atom stereocenters. The van der Waals surface area contributed by atoms with Crippen molar-refractivity contribution in [2.45, 2.75) is 58.0 Å². The molecular weight excluding hydrogens is 406 g/mol. The molecule has 7 heteroatoms. The van der Waals surface area contributed by atoms with Gasteiger partial charge in [-0.25, -0.2) is 4.98 Å². The smallest absolute Gasteiger partial charge is 0.310 e. The maximum absolute atomic E-state index is 12.4. The number of hydrogen-bond donors (Lipinski definition) is 1. The van der Waals surface area contributed by atoms with Gasteiger partial charge in [-0.3, -0.25) is 4.79 Å². The molecule has 1 unspecified atom stereocenters. The molecule has 2 aliphatic rings. The summed E-state index contributed by atoms with van der Waals surface area (Å²) >= 11 is 0. The number of carbonyl (C=O) groups excluding carboxylic acids is 1. The number of nitrogens with one attached hydrogen (secondary N) is 1. The first-order valence-corrected chi connectivity index (χ1v) is 11.8. The number of fused-ring (bicyclic) bond motifs is 1. The van der Waals surface area contributed by atoms with E-state index < -0.39 is 0 Å². The Morgan fingerprint density at radius 2 is 1.84 bits per heavy atom. The number of benzene rings is 1. The monoisotopic (exact) mass is 441 g/mol. The molecule has 32 heavy (non-hydrogen) atoms. The van der Waals surface area contributed by atoms with Crippen molar-refractivity contribution >= 4 is 22.7 Å². The second kappa shape index (κ2) is 10.4. The van der Waals surface area contributed by atoms with E-state index in [2.05, 4.69) is 16.3 Å². The van der Waals surface area contributed by atoms with Crippen LogP contribution in [0.4, 0.5) is 5.82 Å². The molecule has 0 radical (unpaired) electrons. The highest BCUT2D eigenvalue weighted by Crippen LogP contribution is 2.35. The fraction of sp³-hybridized carbons (Fsp3) is 0.600. The number of nitrogens with zero attached hydrogens (tertiary/aromatic N) is 2. The van der Waals surface area contributed by atoms with Crippen LogP contribution in [0.3, 0.4) is 0 Å². The Kier molecular flexibility index (Phi) is 7.35. The van der Waals surface area contributed by atoms with E-state index in [4.69, 9.17) is 19.2 Å². The highest BCUT2D eigenvalue weighted by Gasteiger charge is 2.29. The van der Waals surface area contributed by atoms with Gasteiger partial charge in [0.2, 0.25) is 0 Å². The zero-order valence-electron chi connectivity index (χ0n) is 19.5. The molecule has 1 aliphatic carbocycles. The largest absolute Gasteiger partial charge is 0.493 e. The Labute approximate surface area is 190 Å². The second-order valence-corrected chi connectivity index (χ2v) is 8.77.